The summed E-state index contributed by atoms with van der Waals surface area (Å²) < 4.78 is 0. The molecule has 4 rings (SSSR count). The zero-order valence-corrected chi connectivity index (χ0v) is 20.1. The molecule has 176 valence electrons. The maximum absolute atomic E-state index is 12.7. The molecule has 0 radical (unpaired) electrons. The highest BCUT2D eigenvalue weighted by atomic mass is 16.2. The number of likely N-dealkylation sites (tertiary alicyclic amines) is 1. The van der Waals surface area contributed by atoms with Gasteiger partial charge in [-0.3, -0.25) is 14.5 Å². The number of rotatable bonds is 5. The number of carbonyl (C=O) groups excluding carboxylic acids is 2. The van der Waals surface area contributed by atoms with E-state index < -0.39 is 11.8 Å². The van der Waals surface area contributed by atoms with Gasteiger partial charge < -0.3 is 15.5 Å². The number of fused-ring (bicyclic) bond motifs is 1. The van der Waals surface area contributed by atoms with E-state index in [1.54, 1.807) is 0 Å². The number of para-hydroxylation sites is 1. The number of anilines is 2. The summed E-state index contributed by atoms with van der Waals surface area (Å²) in [5, 5.41) is 5.72. The molecule has 2 heterocycles. The predicted molar refractivity (Wildman–Crippen MR) is 134 cm³/mol. The van der Waals surface area contributed by atoms with Crippen LogP contribution >= 0.6 is 0 Å². The molecule has 2 N–H and O–H groups in total. The topological polar surface area (TPSA) is 64.7 Å². The fourth-order valence-electron chi connectivity index (χ4n) is 5.15. The summed E-state index contributed by atoms with van der Waals surface area (Å²) in [5.74, 6) is -1.20. The van der Waals surface area contributed by atoms with Gasteiger partial charge in [0.25, 0.3) is 0 Å². The van der Waals surface area contributed by atoms with Crippen molar-refractivity contribution in [2.45, 2.75) is 52.0 Å². The fraction of sp³-hybridized carbons (Fsp3) is 0.481. The van der Waals surface area contributed by atoms with E-state index in [4.69, 9.17) is 0 Å². The molecular formula is C27H36N4O2. The molecule has 33 heavy (non-hydrogen) atoms. The van der Waals surface area contributed by atoms with E-state index in [0.717, 1.165) is 43.6 Å². The van der Waals surface area contributed by atoms with E-state index in [9.17, 15) is 9.59 Å². The number of amides is 2. The quantitative estimate of drug-likeness (QED) is 0.680. The van der Waals surface area contributed by atoms with Crippen molar-refractivity contribution in [1.82, 2.24) is 10.2 Å². The predicted octanol–water partition coefficient (Wildman–Crippen LogP) is 3.97. The lowest BCUT2D eigenvalue weighted by molar-refractivity contribution is -0.136. The molecular weight excluding hydrogens is 412 g/mol. The Kier molecular flexibility index (Phi) is 7.33. The molecule has 1 fully saturated rings. The van der Waals surface area contributed by atoms with Gasteiger partial charge in [-0.15, -0.1) is 0 Å². The first-order valence-electron chi connectivity index (χ1n) is 12.2. The van der Waals surface area contributed by atoms with Crippen LogP contribution in [0.15, 0.2) is 36.4 Å². The second-order valence-electron chi connectivity index (χ2n) is 9.46. The van der Waals surface area contributed by atoms with Gasteiger partial charge in [-0.05, 0) is 80.9 Å². The third-order valence-corrected chi connectivity index (χ3v) is 7.05. The van der Waals surface area contributed by atoms with Crippen LogP contribution in [0.5, 0.6) is 0 Å². The van der Waals surface area contributed by atoms with Crippen LogP contribution < -0.4 is 15.5 Å². The molecule has 2 amide bonds. The van der Waals surface area contributed by atoms with E-state index in [1.807, 2.05) is 32.0 Å². The van der Waals surface area contributed by atoms with Crippen molar-refractivity contribution in [3.8, 4) is 0 Å². The Hall–Kier alpha value is -2.86. The Morgan fingerprint density at radius 2 is 1.67 bits per heavy atom. The van der Waals surface area contributed by atoms with Crippen LogP contribution in [0.25, 0.3) is 0 Å². The number of aryl methyl sites for hydroxylation is 3. The molecule has 1 atom stereocenters. The molecule has 6 nitrogen and oxygen atoms in total. The molecule has 0 aliphatic carbocycles. The van der Waals surface area contributed by atoms with Gasteiger partial charge in [0.05, 0.1) is 6.04 Å². The highest BCUT2D eigenvalue weighted by molar-refractivity contribution is 6.39. The Morgan fingerprint density at radius 3 is 2.39 bits per heavy atom. The van der Waals surface area contributed by atoms with E-state index >= 15 is 0 Å². The first kappa shape index (κ1) is 23.3. The van der Waals surface area contributed by atoms with E-state index in [-0.39, 0.29) is 6.04 Å². The summed E-state index contributed by atoms with van der Waals surface area (Å²) in [6.07, 6.45) is 5.85. The second kappa shape index (κ2) is 10.4. The Bertz CT molecular complexity index is 993. The third kappa shape index (κ3) is 5.38. The number of nitrogens with one attached hydrogen (secondary N) is 2. The average molecular weight is 449 g/mol. The van der Waals surface area contributed by atoms with Gasteiger partial charge in [0.2, 0.25) is 0 Å². The molecule has 1 saturated heterocycles. The lowest BCUT2D eigenvalue weighted by Gasteiger charge is -2.36. The Labute approximate surface area is 197 Å². The number of nitrogens with zero attached hydrogens (tertiary/aromatic N) is 2. The molecule has 0 saturated carbocycles. The van der Waals surface area contributed by atoms with Crippen LogP contribution in [-0.2, 0) is 16.0 Å². The van der Waals surface area contributed by atoms with Crippen molar-refractivity contribution in [2.75, 3.05) is 43.4 Å². The van der Waals surface area contributed by atoms with Crippen molar-refractivity contribution in [3.05, 3.63) is 58.7 Å². The van der Waals surface area contributed by atoms with Crippen LogP contribution in [0.1, 0.15) is 54.0 Å². The van der Waals surface area contributed by atoms with Gasteiger partial charge >= 0.3 is 11.8 Å². The van der Waals surface area contributed by atoms with Crippen molar-refractivity contribution in [1.29, 1.82) is 0 Å². The van der Waals surface area contributed by atoms with Crippen LogP contribution in [0.3, 0.4) is 0 Å². The fourth-order valence-corrected chi connectivity index (χ4v) is 5.15. The monoisotopic (exact) mass is 448 g/mol. The first-order valence-corrected chi connectivity index (χ1v) is 12.2. The summed E-state index contributed by atoms with van der Waals surface area (Å²) in [6.45, 7) is 7.42. The van der Waals surface area contributed by atoms with Gasteiger partial charge in [0.15, 0.2) is 0 Å². The minimum absolute atomic E-state index is 0.0692. The molecule has 2 aromatic rings. The Balaban J connectivity index is 1.48. The maximum atomic E-state index is 12.7. The summed E-state index contributed by atoms with van der Waals surface area (Å²) >= 11 is 0. The molecule has 0 aromatic heterocycles. The lowest BCUT2D eigenvalue weighted by atomic mass is 9.95. The van der Waals surface area contributed by atoms with Crippen molar-refractivity contribution < 1.29 is 9.59 Å². The number of piperidine rings is 1. The van der Waals surface area contributed by atoms with Crippen LogP contribution in [0.4, 0.5) is 11.4 Å². The maximum Gasteiger partial charge on any atom is 0.313 e. The zero-order chi connectivity index (χ0) is 23.4. The third-order valence-electron chi connectivity index (χ3n) is 7.05. The largest absolute Gasteiger partial charge is 0.374 e. The van der Waals surface area contributed by atoms with Crippen molar-refractivity contribution >= 4 is 23.2 Å². The second-order valence-corrected chi connectivity index (χ2v) is 9.46. The van der Waals surface area contributed by atoms with Crippen LogP contribution in [0, 0.1) is 13.8 Å². The number of benzene rings is 2. The minimum Gasteiger partial charge on any atom is -0.374 e. The normalized spacial score (nSPS) is 17.2. The SMILES string of the molecule is Cc1cccc(C)c1NC(=O)C(=O)NC[C@H](c1ccc2c(c1)CCCN2C)N1CCCCC1. The summed E-state index contributed by atoms with van der Waals surface area (Å²) in [7, 11) is 2.15. The summed E-state index contributed by atoms with van der Waals surface area (Å²) in [5.41, 5.74) is 6.51. The summed E-state index contributed by atoms with van der Waals surface area (Å²) in [6, 6.07) is 12.6. The number of carbonyl (C=O) groups is 2. The van der Waals surface area contributed by atoms with Crippen molar-refractivity contribution in [3.63, 3.8) is 0 Å². The molecule has 2 aromatic carbocycles. The van der Waals surface area contributed by atoms with E-state index in [0.29, 0.717) is 12.2 Å². The average Bonchev–Trinajstić information content (AvgIpc) is 2.82. The van der Waals surface area contributed by atoms with Gasteiger partial charge in [-0.1, -0.05) is 36.8 Å². The smallest absolute Gasteiger partial charge is 0.313 e. The Morgan fingerprint density at radius 1 is 0.939 bits per heavy atom. The molecule has 0 unspecified atom stereocenters. The number of hydrogen-bond acceptors (Lipinski definition) is 4. The van der Waals surface area contributed by atoms with E-state index in [2.05, 4.69) is 45.7 Å². The molecule has 0 spiro atoms. The standard InChI is InChI=1S/C27H36N4O2/c1-19-9-7-10-20(2)25(19)29-27(33)26(32)28-18-24(31-15-5-4-6-16-31)22-12-13-23-21(17-22)11-8-14-30(23)3/h7,9-10,12-13,17,24H,4-6,8,11,14-16,18H2,1-3H3,(H,28,32)(H,29,33)/t24-/m1/s1. The molecule has 6 heteroatoms. The van der Waals surface area contributed by atoms with Crippen LogP contribution in [0.2, 0.25) is 0 Å². The molecule has 2 aliphatic rings. The first-order chi connectivity index (χ1) is 15.9. The van der Waals surface area contributed by atoms with Gasteiger partial charge in [-0.25, -0.2) is 0 Å². The van der Waals surface area contributed by atoms with Gasteiger partial charge in [0.1, 0.15) is 0 Å². The minimum atomic E-state index is -0.614. The lowest BCUT2D eigenvalue weighted by Crippen LogP contribution is -2.43. The number of hydrogen-bond donors (Lipinski definition) is 2. The van der Waals surface area contributed by atoms with Crippen LogP contribution in [-0.4, -0.2) is 49.9 Å². The van der Waals surface area contributed by atoms with Gasteiger partial charge in [-0.2, -0.15) is 0 Å². The molecule has 2 aliphatic heterocycles. The van der Waals surface area contributed by atoms with Gasteiger partial charge in [0, 0.05) is 31.5 Å². The highest BCUT2D eigenvalue weighted by Crippen LogP contribution is 2.31. The zero-order valence-electron chi connectivity index (χ0n) is 20.1. The van der Waals surface area contributed by atoms with Crippen molar-refractivity contribution in [2.24, 2.45) is 0 Å². The molecule has 0 bridgehead atoms. The van der Waals surface area contributed by atoms with E-state index in [1.165, 1.54) is 36.1 Å². The summed E-state index contributed by atoms with van der Waals surface area (Å²) in [4.78, 5) is 30.1. The highest BCUT2D eigenvalue weighted by Gasteiger charge is 2.26.